The Morgan fingerprint density at radius 3 is 2.76 bits per heavy atom. The van der Waals surface area contributed by atoms with Crippen molar-refractivity contribution in [3.63, 3.8) is 0 Å². The minimum Gasteiger partial charge on any atom is -0.462 e. The van der Waals surface area contributed by atoms with Crippen molar-refractivity contribution >= 4 is 44.9 Å². The van der Waals surface area contributed by atoms with E-state index >= 15 is 0 Å². The number of aromatic nitrogens is 1. The number of allylic oxidation sites excluding steroid dienone is 4. The number of para-hydroxylation sites is 1. The Kier molecular flexibility index (Phi) is 6.82. The van der Waals surface area contributed by atoms with Gasteiger partial charge in [-0.05, 0) is 69.0 Å². The van der Waals surface area contributed by atoms with Gasteiger partial charge in [0.1, 0.15) is 21.2 Å². The van der Waals surface area contributed by atoms with Gasteiger partial charge in [-0.2, -0.15) is 0 Å². The van der Waals surface area contributed by atoms with E-state index in [9.17, 15) is 9.59 Å². The summed E-state index contributed by atoms with van der Waals surface area (Å²) in [5.41, 5.74) is 8.66. The highest BCUT2D eigenvalue weighted by Crippen LogP contribution is 2.45. The number of nitrogens with one attached hydrogen (secondary N) is 2. The lowest BCUT2D eigenvalue weighted by atomic mass is 10.1. The van der Waals surface area contributed by atoms with Crippen LogP contribution in [0.25, 0.3) is 10.2 Å². The first-order valence-electron chi connectivity index (χ1n) is 12.2. The highest BCUT2D eigenvalue weighted by atomic mass is 32.1. The molecule has 2 aromatic heterocycles. The molecule has 0 unspecified atom stereocenters. The van der Waals surface area contributed by atoms with Gasteiger partial charge in [-0.3, -0.25) is 9.69 Å². The number of rotatable bonds is 7. The first-order chi connectivity index (χ1) is 17.9. The number of nitrogens with zero attached hydrogens (tertiary/aromatic N) is 2. The van der Waals surface area contributed by atoms with Gasteiger partial charge < -0.3 is 21.1 Å². The Morgan fingerprint density at radius 1 is 1.27 bits per heavy atom. The van der Waals surface area contributed by atoms with Gasteiger partial charge in [0.15, 0.2) is 0 Å². The van der Waals surface area contributed by atoms with Crippen molar-refractivity contribution in [2.45, 2.75) is 45.2 Å². The van der Waals surface area contributed by atoms with Crippen LogP contribution in [-0.2, 0) is 0 Å². The molecule has 4 N–H and O–H groups in total. The zero-order chi connectivity index (χ0) is 26.1. The molecule has 3 aromatic rings. The lowest BCUT2D eigenvalue weighted by Gasteiger charge is -2.30. The van der Waals surface area contributed by atoms with E-state index in [0.717, 1.165) is 36.0 Å². The molecule has 0 radical (unpaired) electrons. The fourth-order valence-electron chi connectivity index (χ4n) is 4.90. The van der Waals surface area contributed by atoms with Gasteiger partial charge in [-0.15, -0.1) is 11.3 Å². The van der Waals surface area contributed by atoms with Crippen LogP contribution in [0.3, 0.4) is 0 Å². The number of carbonyl (C=O) groups excluding carboxylic acids is 2. The maximum absolute atomic E-state index is 13.5. The molecule has 37 heavy (non-hydrogen) atoms. The quantitative estimate of drug-likeness (QED) is 0.276. The lowest BCUT2D eigenvalue weighted by Crippen LogP contribution is -2.44. The van der Waals surface area contributed by atoms with Gasteiger partial charge in [0.2, 0.25) is 0 Å². The molecule has 5 rings (SSSR count). The summed E-state index contributed by atoms with van der Waals surface area (Å²) >= 11 is 1.26. The number of urea groups is 1. The van der Waals surface area contributed by atoms with E-state index in [1.165, 1.54) is 11.3 Å². The van der Waals surface area contributed by atoms with Crippen molar-refractivity contribution in [2.75, 3.05) is 10.2 Å². The first-order valence-corrected chi connectivity index (χ1v) is 13.0. The molecular formula is C28H29N5O3S. The second-order valence-corrected chi connectivity index (χ2v) is 10.2. The number of thiophene rings is 1. The van der Waals surface area contributed by atoms with Crippen LogP contribution in [-0.4, -0.2) is 29.0 Å². The molecular weight excluding hydrogens is 486 g/mol. The number of nitrogens with two attached hydrogens (primary N) is 1. The summed E-state index contributed by atoms with van der Waals surface area (Å²) in [4.78, 5) is 33.8. The maximum Gasteiger partial charge on any atom is 0.331 e. The van der Waals surface area contributed by atoms with Gasteiger partial charge in [-0.25, -0.2) is 9.78 Å². The molecule has 3 heterocycles. The van der Waals surface area contributed by atoms with Crippen LogP contribution in [0.15, 0.2) is 78.4 Å². The van der Waals surface area contributed by atoms with E-state index in [4.69, 9.17) is 10.5 Å². The lowest BCUT2D eigenvalue weighted by molar-refractivity contribution is 0.0939. The number of carbonyl (C=O) groups is 2. The van der Waals surface area contributed by atoms with Crippen LogP contribution in [0.1, 0.15) is 42.8 Å². The van der Waals surface area contributed by atoms with Gasteiger partial charge in [0.05, 0.1) is 22.5 Å². The predicted octanol–water partition coefficient (Wildman–Crippen LogP) is 5.70. The molecule has 9 heteroatoms. The van der Waals surface area contributed by atoms with E-state index < -0.39 is 0 Å². The molecule has 0 saturated heterocycles. The summed E-state index contributed by atoms with van der Waals surface area (Å²) in [7, 11) is 0. The third-order valence-corrected chi connectivity index (χ3v) is 7.71. The van der Waals surface area contributed by atoms with Crippen molar-refractivity contribution in [3.05, 3.63) is 83.2 Å². The monoisotopic (exact) mass is 515 g/mol. The summed E-state index contributed by atoms with van der Waals surface area (Å²) in [6.45, 7) is 7.72. The Bertz CT molecular complexity index is 1440. The molecule has 3 amide bonds. The molecule has 190 valence electrons. The van der Waals surface area contributed by atoms with E-state index in [1.54, 1.807) is 23.2 Å². The zero-order valence-electron chi connectivity index (χ0n) is 20.8. The van der Waals surface area contributed by atoms with E-state index in [2.05, 4.69) is 22.2 Å². The number of hydrogen-bond acceptors (Lipinski definition) is 6. The maximum atomic E-state index is 13.5. The average Bonchev–Trinajstić information content (AvgIpc) is 3.45. The summed E-state index contributed by atoms with van der Waals surface area (Å²) < 4.78 is 5.91. The van der Waals surface area contributed by atoms with Crippen molar-refractivity contribution in [1.29, 1.82) is 0 Å². The summed E-state index contributed by atoms with van der Waals surface area (Å²) in [5, 5.41) is 6.71. The Hall–Kier alpha value is -3.95. The van der Waals surface area contributed by atoms with Crippen molar-refractivity contribution in [1.82, 2.24) is 10.3 Å². The third-order valence-electron chi connectivity index (χ3n) is 6.62. The van der Waals surface area contributed by atoms with Crippen LogP contribution >= 0.6 is 11.3 Å². The Morgan fingerprint density at radius 2 is 2.05 bits per heavy atom. The van der Waals surface area contributed by atoms with Crippen molar-refractivity contribution in [2.24, 2.45) is 5.73 Å². The van der Waals surface area contributed by atoms with Crippen LogP contribution in [0.5, 0.6) is 5.75 Å². The van der Waals surface area contributed by atoms with Gasteiger partial charge >= 0.3 is 6.03 Å². The molecule has 8 nitrogen and oxygen atoms in total. The fourth-order valence-corrected chi connectivity index (χ4v) is 5.92. The van der Waals surface area contributed by atoms with Gasteiger partial charge in [0, 0.05) is 18.3 Å². The average molecular weight is 516 g/mol. The number of benzene rings is 1. The molecule has 0 spiro atoms. The van der Waals surface area contributed by atoms with Crippen LogP contribution < -0.4 is 26.0 Å². The van der Waals surface area contributed by atoms with E-state index in [1.807, 2.05) is 50.3 Å². The molecule has 1 fully saturated rings. The topological polar surface area (TPSA) is 110 Å². The molecule has 0 bridgehead atoms. The highest BCUT2D eigenvalue weighted by molar-refractivity contribution is 7.21. The summed E-state index contributed by atoms with van der Waals surface area (Å²) in [6.07, 6.45) is 7.88. The molecule has 1 aliphatic carbocycles. The minimum atomic E-state index is -0.380. The summed E-state index contributed by atoms with van der Waals surface area (Å²) in [5.74, 6) is 1.15. The smallest absolute Gasteiger partial charge is 0.331 e. The molecule has 1 saturated carbocycles. The molecule has 1 aromatic carbocycles. The van der Waals surface area contributed by atoms with Crippen LogP contribution in [0.4, 0.5) is 16.2 Å². The normalized spacial score (nSPS) is 19.9. The van der Waals surface area contributed by atoms with Crippen molar-refractivity contribution in [3.8, 4) is 5.75 Å². The Labute approximate surface area is 219 Å². The number of pyridine rings is 1. The molecule has 1 aliphatic heterocycles. The molecule has 2 aliphatic rings. The number of amides is 3. The standard InChI is InChI=1S/C28H29N5O3S/c1-4-21(16(2)15-17(3)36-18-9-6-5-7-10-18)33-22-13-14-30-27-23(22)24(32-28(33)35)25(37-27)26(34)31-20-12-8-11-19(20)29/h4-7,9-10,13-15,19-20H,1,8,11-12,29H2,2-3H3,(H,31,34)(H,32,35)/b17-15+,21-16+/t19-,20+/m0/s1. The fraction of sp³-hybridized carbons (Fsp3) is 0.250. The van der Waals surface area contributed by atoms with Gasteiger partial charge in [0.25, 0.3) is 5.91 Å². The van der Waals surface area contributed by atoms with Crippen LogP contribution in [0, 0.1) is 0 Å². The molecule has 2 atom stereocenters. The number of anilines is 2. The van der Waals surface area contributed by atoms with Crippen molar-refractivity contribution < 1.29 is 14.3 Å². The van der Waals surface area contributed by atoms with Gasteiger partial charge in [-0.1, -0.05) is 24.8 Å². The Balaban J connectivity index is 1.51. The number of ether oxygens (including phenoxy) is 1. The summed E-state index contributed by atoms with van der Waals surface area (Å²) in [6, 6.07) is 10.8. The highest BCUT2D eigenvalue weighted by Gasteiger charge is 2.34. The minimum absolute atomic E-state index is 0.0564. The second-order valence-electron chi connectivity index (χ2n) is 9.20. The third kappa shape index (κ3) is 4.75. The largest absolute Gasteiger partial charge is 0.462 e. The van der Waals surface area contributed by atoms with E-state index in [-0.39, 0.29) is 24.0 Å². The zero-order valence-corrected chi connectivity index (χ0v) is 21.6. The first kappa shape index (κ1) is 24.7. The number of hydrogen-bond donors (Lipinski definition) is 3. The van der Waals surface area contributed by atoms with E-state index in [0.29, 0.717) is 32.5 Å². The second kappa shape index (κ2) is 10.2. The SMILES string of the molecule is C=C/C(=C(C)\C=C(/C)Oc1ccccc1)N1C(=O)Nc2c(C(=O)N[C@@H]3CCC[C@@H]3N)sc3nccc1c23. The predicted molar refractivity (Wildman–Crippen MR) is 148 cm³/mol. The van der Waals surface area contributed by atoms with Crippen LogP contribution in [0.2, 0.25) is 0 Å².